The highest BCUT2D eigenvalue weighted by Crippen LogP contribution is 2.09. The zero-order valence-electron chi connectivity index (χ0n) is 13.3. The van der Waals surface area contributed by atoms with Gasteiger partial charge in [-0.1, -0.05) is 97.8 Å². The van der Waals surface area contributed by atoms with Gasteiger partial charge in [-0.15, -0.1) is 0 Å². The molecular formula is C17H38O. The highest BCUT2D eigenvalue weighted by atomic mass is 16.2. The van der Waals surface area contributed by atoms with Crippen molar-refractivity contribution in [2.24, 2.45) is 0 Å². The van der Waals surface area contributed by atoms with Gasteiger partial charge in [0.15, 0.2) is 0 Å². The van der Waals surface area contributed by atoms with Gasteiger partial charge in [0.05, 0.1) is 0 Å². The summed E-state index contributed by atoms with van der Waals surface area (Å²) in [4.78, 5) is 0. The van der Waals surface area contributed by atoms with Crippen LogP contribution in [-0.4, -0.2) is 11.7 Å². The van der Waals surface area contributed by atoms with Crippen molar-refractivity contribution in [3.63, 3.8) is 0 Å². The minimum absolute atomic E-state index is 0.355. The Hall–Kier alpha value is -0.0400. The fourth-order valence-electron chi connectivity index (χ4n) is 1.92. The maximum Gasteiger partial charge on any atom is 0.0431 e. The molecule has 0 aliphatic rings. The van der Waals surface area contributed by atoms with E-state index in [1.54, 1.807) is 0 Å². The maximum absolute atomic E-state index is 8.20. The molecule has 0 aliphatic carbocycles. The lowest BCUT2D eigenvalue weighted by Gasteiger charge is -1.99. The lowest BCUT2D eigenvalue weighted by molar-refractivity contribution is 0.284. The van der Waals surface area contributed by atoms with Gasteiger partial charge in [-0.2, -0.15) is 0 Å². The van der Waals surface area contributed by atoms with Crippen LogP contribution in [0.25, 0.3) is 0 Å². The second-order valence-corrected chi connectivity index (χ2v) is 5.26. The van der Waals surface area contributed by atoms with E-state index in [0.29, 0.717) is 6.61 Å². The fraction of sp³-hybridized carbons (Fsp3) is 1.00. The smallest absolute Gasteiger partial charge is 0.0431 e. The number of rotatable bonds is 12. The van der Waals surface area contributed by atoms with E-state index in [9.17, 15) is 0 Å². The standard InChI is InChI=1S/C12H26.C5H12O/c1-3-5-7-9-11-12-10-8-6-4-2;1-2-3-4-5-6/h3-12H2,1-2H3;6H,2-5H2,1H3. The first kappa shape index (κ1) is 20.3. The van der Waals surface area contributed by atoms with Crippen molar-refractivity contribution in [3.8, 4) is 0 Å². The van der Waals surface area contributed by atoms with Crippen LogP contribution in [0.4, 0.5) is 0 Å². The van der Waals surface area contributed by atoms with Crippen LogP contribution in [0, 0.1) is 0 Å². The molecule has 0 saturated heterocycles. The van der Waals surface area contributed by atoms with Crippen LogP contribution in [-0.2, 0) is 0 Å². The Kier molecular flexibility index (Phi) is 25.0. The molecule has 1 N–H and O–H groups in total. The van der Waals surface area contributed by atoms with Gasteiger partial charge < -0.3 is 5.11 Å². The zero-order chi connectivity index (χ0) is 13.9. The number of aliphatic hydroxyl groups is 1. The number of hydrogen-bond acceptors (Lipinski definition) is 1. The Bertz CT molecular complexity index is 98.2. The molecule has 0 aromatic rings. The molecule has 0 unspecified atom stereocenters. The maximum atomic E-state index is 8.20. The lowest BCUT2D eigenvalue weighted by atomic mass is 10.1. The first-order valence-corrected chi connectivity index (χ1v) is 8.44. The SMILES string of the molecule is CCCCCCCCCCCC.CCCCCO. The summed E-state index contributed by atoms with van der Waals surface area (Å²) < 4.78 is 0. The summed E-state index contributed by atoms with van der Waals surface area (Å²) in [5.74, 6) is 0. The van der Waals surface area contributed by atoms with E-state index in [1.165, 1.54) is 70.6 Å². The molecule has 0 rings (SSSR count). The molecule has 0 aromatic heterocycles. The Balaban J connectivity index is 0. The van der Waals surface area contributed by atoms with Gasteiger partial charge in [0.2, 0.25) is 0 Å². The minimum atomic E-state index is 0.355. The third-order valence-corrected chi connectivity index (χ3v) is 3.22. The van der Waals surface area contributed by atoms with Gasteiger partial charge in [0.1, 0.15) is 0 Å². The molecule has 0 atom stereocenters. The van der Waals surface area contributed by atoms with Crippen molar-refractivity contribution >= 4 is 0 Å². The van der Waals surface area contributed by atoms with Crippen LogP contribution in [0.2, 0.25) is 0 Å². The van der Waals surface area contributed by atoms with Crippen molar-refractivity contribution in [2.75, 3.05) is 6.61 Å². The molecule has 1 heteroatoms. The summed E-state index contributed by atoms with van der Waals surface area (Å²) in [6, 6.07) is 0. The number of aliphatic hydroxyl groups excluding tert-OH is 1. The van der Waals surface area contributed by atoms with Gasteiger partial charge in [0.25, 0.3) is 0 Å². The van der Waals surface area contributed by atoms with Crippen LogP contribution in [0.5, 0.6) is 0 Å². The molecule has 0 spiro atoms. The summed E-state index contributed by atoms with van der Waals surface area (Å²) >= 11 is 0. The van der Waals surface area contributed by atoms with E-state index in [1.807, 2.05) is 0 Å². The Labute approximate surface area is 116 Å². The lowest BCUT2D eigenvalue weighted by Crippen LogP contribution is -1.80. The molecule has 0 radical (unpaired) electrons. The van der Waals surface area contributed by atoms with Gasteiger partial charge in [-0.05, 0) is 6.42 Å². The van der Waals surface area contributed by atoms with E-state index >= 15 is 0 Å². The predicted molar refractivity (Wildman–Crippen MR) is 84.1 cm³/mol. The molecule has 0 aliphatic heterocycles. The highest BCUT2D eigenvalue weighted by molar-refractivity contribution is 4.45. The van der Waals surface area contributed by atoms with Crippen molar-refractivity contribution in [1.82, 2.24) is 0 Å². The summed E-state index contributed by atoms with van der Waals surface area (Å²) in [6.07, 6.45) is 17.8. The van der Waals surface area contributed by atoms with Crippen LogP contribution < -0.4 is 0 Å². The van der Waals surface area contributed by atoms with E-state index < -0.39 is 0 Å². The normalized spacial score (nSPS) is 10.0. The molecule has 0 aromatic carbocycles. The Morgan fingerprint density at radius 2 is 0.722 bits per heavy atom. The molecule has 0 saturated carbocycles. The molecule has 0 fully saturated rings. The molecule has 0 bridgehead atoms. The quantitative estimate of drug-likeness (QED) is 0.420. The van der Waals surface area contributed by atoms with E-state index in [0.717, 1.165) is 12.8 Å². The van der Waals surface area contributed by atoms with Crippen LogP contribution >= 0.6 is 0 Å². The second kappa shape index (κ2) is 22.2. The zero-order valence-corrected chi connectivity index (χ0v) is 13.3. The van der Waals surface area contributed by atoms with Gasteiger partial charge >= 0.3 is 0 Å². The largest absolute Gasteiger partial charge is 0.396 e. The predicted octanol–water partition coefficient (Wildman–Crippen LogP) is 6.10. The summed E-state index contributed by atoms with van der Waals surface area (Å²) in [7, 11) is 0. The molecule has 0 heterocycles. The van der Waals surface area contributed by atoms with Gasteiger partial charge in [0, 0.05) is 6.61 Å². The minimum Gasteiger partial charge on any atom is -0.396 e. The monoisotopic (exact) mass is 258 g/mol. The first-order valence-electron chi connectivity index (χ1n) is 8.44. The van der Waals surface area contributed by atoms with Crippen molar-refractivity contribution in [1.29, 1.82) is 0 Å². The summed E-state index contributed by atoms with van der Waals surface area (Å²) in [6.45, 7) is 7.03. The van der Waals surface area contributed by atoms with Crippen molar-refractivity contribution in [2.45, 2.75) is 104 Å². The second-order valence-electron chi connectivity index (χ2n) is 5.26. The van der Waals surface area contributed by atoms with E-state index in [4.69, 9.17) is 5.11 Å². The van der Waals surface area contributed by atoms with Gasteiger partial charge in [-0.3, -0.25) is 0 Å². The van der Waals surface area contributed by atoms with Crippen LogP contribution in [0.3, 0.4) is 0 Å². The average Bonchev–Trinajstić information content (AvgIpc) is 2.40. The number of hydrogen-bond donors (Lipinski definition) is 1. The summed E-state index contributed by atoms with van der Waals surface area (Å²) in [5, 5.41) is 8.20. The average molecular weight is 258 g/mol. The van der Waals surface area contributed by atoms with Crippen LogP contribution in [0.15, 0.2) is 0 Å². The van der Waals surface area contributed by atoms with Gasteiger partial charge in [-0.25, -0.2) is 0 Å². The fourth-order valence-corrected chi connectivity index (χ4v) is 1.92. The highest BCUT2D eigenvalue weighted by Gasteiger charge is 1.90. The third-order valence-electron chi connectivity index (χ3n) is 3.22. The Morgan fingerprint density at radius 3 is 0.944 bits per heavy atom. The molecule has 0 amide bonds. The van der Waals surface area contributed by atoms with E-state index in [2.05, 4.69) is 20.8 Å². The topological polar surface area (TPSA) is 20.2 Å². The molecule has 112 valence electrons. The number of unbranched alkanes of at least 4 members (excludes halogenated alkanes) is 11. The molecule has 1 nitrogen and oxygen atoms in total. The third kappa shape index (κ3) is 25.0. The first-order chi connectivity index (χ1) is 8.83. The molecule has 18 heavy (non-hydrogen) atoms. The Morgan fingerprint density at radius 1 is 0.444 bits per heavy atom. The van der Waals surface area contributed by atoms with Crippen LogP contribution in [0.1, 0.15) is 104 Å². The van der Waals surface area contributed by atoms with Crippen molar-refractivity contribution < 1.29 is 5.11 Å². The van der Waals surface area contributed by atoms with E-state index in [-0.39, 0.29) is 0 Å². The molecular weight excluding hydrogens is 220 g/mol. The summed E-state index contributed by atoms with van der Waals surface area (Å²) in [5.41, 5.74) is 0. The van der Waals surface area contributed by atoms with Crippen molar-refractivity contribution in [3.05, 3.63) is 0 Å².